The third-order valence-electron chi connectivity index (χ3n) is 3.45. The number of halogens is 1. The Hall–Kier alpha value is -1.68. The molecular weight excluding hydrogens is 476 g/mol. The zero-order valence-electron chi connectivity index (χ0n) is 15.0. The first-order valence-corrected chi connectivity index (χ1v) is 11.9. The Kier molecular flexibility index (Phi) is 8.08. The van der Waals surface area contributed by atoms with Crippen LogP contribution in [0.25, 0.3) is 0 Å². The maximum atomic E-state index is 11.9. The summed E-state index contributed by atoms with van der Waals surface area (Å²) >= 11 is 7.91. The van der Waals surface area contributed by atoms with E-state index in [1.807, 2.05) is 24.3 Å². The number of carbonyl (C=O) groups excluding carboxylic acids is 1. The first-order chi connectivity index (χ1) is 13.6. The minimum absolute atomic E-state index is 0.180. The number of benzene rings is 2. The molecule has 3 aromatic rings. The first kappa shape index (κ1) is 21.0. The van der Waals surface area contributed by atoms with E-state index in [2.05, 4.69) is 67.8 Å². The van der Waals surface area contributed by atoms with Gasteiger partial charge in [-0.15, -0.1) is 10.2 Å². The summed E-state index contributed by atoms with van der Waals surface area (Å²) in [5.41, 5.74) is 5.93. The van der Waals surface area contributed by atoms with E-state index in [4.69, 9.17) is 0 Å². The number of aromatic nitrogens is 2. The highest BCUT2D eigenvalue weighted by atomic mass is 79.9. The minimum atomic E-state index is -0.180. The predicted molar refractivity (Wildman–Crippen MR) is 121 cm³/mol. The van der Waals surface area contributed by atoms with E-state index in [0.29, 0.717) is 0 Å². The van der Waals surface area contributed by atoms with Crippen LogP contribution in [0.15, 0.2) is 66.8 Å². The second-order valence-electron chi connectivity index (χ2n) is 5.75. The van der Waals surface area contributed by atoms with Crippen molar-refractivity contribution in [2.24, 2.45) is 5.10 Å². The van der Waals surface area contributed by atoms with Gasteiger partial charge in [-0.2, -0.15) is 5.10 Å². The molecule has 1 N–H and O–H groups in total. The largest absolute Gasteiger partial charge is 0.272 e. The fourth-order valence-corrected chi connectivity index (χ4v) is 5.25. The van der Waals surface area contributed by atoms with Crippen LogP contribution in [-0.2, 0) is 10.5 Å². The summed E-state index contributed by atoms with van der Waals surface area (Å²) in [4.78, 5) is 11.9. The van der Waals surface area contributed by atoms with Crippen molar-refractivity contribution in [3.63, 3.8) is 0 Å². The van der Waals surface area contributed by atoms with Gasteiger partial charge >= 0.3 is 0 Å². The molecule has 9 heteroatoms. The van der Waals surface area contributed by atoms with E-state index in [9.17, 15) is 4.79 Å². The Balaban J connectivity index is 1.41. The zero-order valence-corrected chi connectivity index (χ0v) is 19.0. The van der Waals surface area contributed by atoms with E-state index >= 15 is 0 Å². The molecule has 0 saturated carbocycles. The van der Waals surface area contributed by atoms with E-state index in [0.717, 1.165) is 24.5 Å². The molecule has 0 saturated heterocycles. The molecule has 0 unspecified atom stereocenters. The van der Waals surface area contributed by atoms with Crippen LogP contribution >= 0.6 is 50.8 Å². The fraction of sp³-hybridized carbons (Fsp3) is 0.158. The van der Waals surface area contributed by atoms with Crippen molar-refractivity contribution in [1.82, 2.24) is 15.6 Å². The number of rotatable bonds is 8. The second-order valence-corrected chi connectivity index (χ2v) is 10.1. The molecule has 2 aromatic carbocycles. The molecule has 0 aliphatic rings. The van der Waals surface area contributed by atoms with E-state index < -0.39 is 0 Å². The van der Waals surface area contributed by atoms with Gasteiger partial charge in [-0.05, 0) is 30.2 Å². The Morgan fingerprint density at radius 3 is 2.68 bits per heavy atom. The molecule has 5 nitrogen and oxygen atoms in total. The van der Waals surface area contributed by atoms with Gasteiger partial charge in [0.1, 0.15) is 0 Å². The monoisotopic (exact) mass is 492 g/mol. The predicted octanol–water partition coefficient (Wildman–Crippen LogP) is 5.14. The van der Waals surface area contributed by atoms with Crippen molar-refractivity contribution in [3.8, 4) is 0 Å². The number of hydrazone groups is 1. The van der Waals surface area contributed by atoms with Gasteiger partial charge in [-0.25, -0.2) is 5.43 Å². The van der Waals surface area contributed by atoms with Crippen LogP contribution in [0.3, 0.4) is 0 Å². The Morgan fingerprint density at radius 2 is 1.93 bits per heavy atom. The van der Waals surface area contributed by atoms with Crippen molar-refractivity contribution in [1.29, 1.82) is 0 Å². The van der Waals surface area contributed by atoms with Gasteiger partial charge in [-0.3, -0.25) is 4.79 Å². The van der Waals surface area contributed by atoms with Gasteiger partial charge in [0, 0.05) is 10.2 Å². The van der Waals surface area contributed by atoms with Gasteiger partial charge in [0.05, 0.1) is 12.0 Å². The van der Waals surface area contributed by atoms with Crippen molar-refractivity contribution < 1.29 is 4.79 Å². The SMILES string of the molecule is Cc1ccc(CSc2nnc(SCC(=O)N/N=C\c3cccc(Br)c3)s2)cc1. The lowest BCUT2D eigenvalue weighted by atomic mass is 10.2. The highest BCUT2D eigenvalue weighted by molar-refractivity contribution is 9.10. The number of carbonyl (C=O) groups is 1. The third-order valence-corrected chi connectivity index (χ3v) is 7.20. The average molecular weight is 493 g/mol. The number of thioether (sulfide) groups is 2. The van der Waals surface area contributed by atoms with Crippen molar-refractivity contribution in [3.05, 3.63) is 69.7 Å². The maximum Gasteiger partial charge on any atom is 0.250 e. The zero-order chi connectivity index (χ0) is 19.8. The van der Waals surface area contributed by atoms with Crippen LogP contribution < -0.4 is 5.43 Å². The smallest absolute Gasteiger partial charge is 0.250 e. The molecular formula is C19H17BrN4OS3. The molecule has 1 aromatic heterocycles. The molecule has 0 atom stereocenters. The van der Waals surface area contributed by atoms with Gasteiger partial charge < -0.3 is 0 Å². The van der Waals surface area contributed by atoms with Crippen LogP contribution in [0.5, 0.6) is 0 Å². The quantitative estimate of drug-likeness (QED) is 0.267. The lowest BCUT2D eigenvalue weighted by Gasteiger charge is -1.99. The Morgan fingerprint density at radius 1 is 1.18 bits per heavy atom. The van der Waals surface area contributed by atoms with Gasteiger partial charge in [0.25, 0.3) is 5.91 Å². The van der Waals surface area contributed by atoms with Crippen molar-refractivity contribution in [2.45, 2.75) is 21.4 Å². The number of hydrogen-bond acceptors (Lipinski definition) is 7. The fourth-order valence-electron chi connectivity index (χ4n) is 2.07. The highest BCUT2D eigenvalue weighted by Crippen LogP contribution is 2.30. The summed E-state index contributed by atoms with van der Waals surface area (Å²) in [6.45, 7) is 2.08. The number of amides is 1. The van der Waals surface area contributed by atoms with Crippen LogP contribution in [0.4, 0.5) is 0 Å². The van der Waals surface area contributed by atoms with Gasteiger partial charge in [0.15, 0.2) is 8.68 Å². The normalized spacial score (nSPS) is 11.1. The number of hydrogen-bond donors (Lipinski definition) is 1. The standard InChI is InChI=1S/C19H17BrN4OS3/c1-13-5-7-14(8-6-13)11-26-18-23-24-19(28-18)27-12-17(25)22-21-10-15-3-2-4-16(20)9-15/h2-10H,11-12H2,1H3,(H,22,25)/b21-10-. The van der Waals surface area contributed by atoms with Crippen LogP contribution in [0, 0.1) is 6.92 Å². The van der Waals surface area contributed by atoms with Gasteiger partial charge in [-0.1, -0.05) is 92.8 Å². The van der Waals surface area contributed by atoms with Crippen LogP contribution in [0.1, 0.15) is 16.7 Å². The van der Waals surface area contributed by atoms with E-state index in [1.165, 1.54) is 34.2 Å². The summed E-state index contributed by atoms with van der Waals surface area (Å²) < 4.78 is 2.64. The summed E-state index contributed by atoms with van der Waals surface area (Å²) in [7, 11) is 0. The highest BCUT2D eigenvalue weighted by Gasteiger charge is 2.08. The average Bonchev–Trinajstić information content (AvgIpc) is 3.14. The first-order valence-electron chi connectivity index (χ1n) is 8.30. The number of aryl methyl sites for hydroxylation is 1. The number of nitrogens with zero attached hydrogens (tertiary/aromatic N) is 3. The molecule has 0 spiro atoms. The van der Waals surface area contributed by atoms with E-state index in [1.54, 1.807) is 18.0 Å². The molecule has 0 bridgehead atoms. The van der Waals surface area contributed by atoms with Crippen LogP contribution in [0.2, 0.25) is 0 Å². The lowest BCUT2D eigenvalue weighted by molar-refractivity contribution is -0.118. The molecule has 1 heterocycles. The topological polar surface area (TPSA) is 67.2 Å². The number of nitrogens with one attached hydrogen (secondary N) is 1. The Labute approximate surface area is 184 Å². The molecule has 28 heavy (non-hydrogen) atoms. The summed E-state index contributed by atoms with van der Waals surface area (Å²) in [5.74, 6) is 0.914. The molecule has 144 valence electrons. The van der Waals surface area contributed by atoms with E-state index in [-0.39, 0.29) is 11.7 Å². The lowest BCUT2D eigenvalue weighted by Crippen LogP contribution is -2.19. The molecule has 0 aliphatic heterocycles. The minimum Gasteiger partial charge on any atom is -0.272 e. The Bertz CT molecular complexity index is 960. The van der Waals surface area contributed by atoms with Crippen LogP contribution in [-0.4, -0.2) is 28.1 Å². The molecule has 3 rings (SSSR count). The summed E-state index contributed by atoms with van der Waals surface area (Å²) in [5, 5.41) is 12.3. The third kappa shape index (κ3) is 7.05. The molecule has 1 amide bonds. The molecule has 0 aliphatic carbocycles. The molecule has 0 fully saturated rings. The summed E-state index contributed by atoms with van der Waals surface area (Å²) in [6, 6.07) is 16.1. The second kappa shape index (κ2) is 10.8. The van der Waals surface area contributed by atoms with Gasteiger partial charge in [0.2, 0.25) is 0 Å². The van der Waals surface area contributed by atoms with Crippen molar-refractivity contribution >= 4 is 62.9 Å². The summed E-state index contributed by atoms with van der Waals surface area (Å²) in [6.07, 6.45) is 1.61. The van der Waals surface area contributed by atoms with Crippen molar-refractivity contribution in [2.75, 3.05) is 5.75 Å². The maximum absolute atomic E-state index is 11.9. The molecule has 0 radical (unpaired) electrons.